The van der Waals surface area contributed by atoms with Crippen LogP contribution >= 0.6 is 0 Å². The maximum absolute atomic E-state index is 5.28. The van der Waals surface area contributed by atoms with Crippen LogP contribution < -0.4 is 14.8 Å². The van der Waals surface area contributed by atoms with Crippen molar-refractivity contribution in [2.75, 3.05) is 14.2 Å². The fraction of sp³-hybridized carbons (Fsp3) is 0.353. The Labute approximate surface area is 126 Å². The van der Waals surface area contributed by atoms with Gasteiger partial charge in [0, 0.05) is 24.3 Å². The lowest BCUT2D eigenvalue weighted by atomic mass is 10.0. The molecule has 2 aromatic rings. The molecular weight excluding hydrogens is 264 g/mol. The largest absolute Gasteiger partial charge is 0.497 e. The Kier molecular flexibility index (Phi) is 5.58. The van der Waals surface area contributed by atoms with Crippen LogP contribution in [0.3, 0.4) is 0 Å². The Balaban J connectivity index is 2.04. The van der Waals surface area contributed by atoms with Crippen molar-refractivity contribution < 1.29 is 9.47 Å². The predicted molar refractivity (Wildman–Crippen MR) is 83.7 cm³/mol. The van der Waals surface area contributed by atoms with Gasteiger partial charge in [-0.05, 0) is 30.2 Å². The van der Waals surface area contributed by atoms with E-state index in [1.54, 1.807) is 20.4 Å². The zero-order valence-corrected chi connectivity index (χ0v) is 12.8. The molecule has 2 rings (SSSR count). The van der Waals surface area contributed by atoms with E-state index in [0.717, 1.165) is 24.3 Å². The van der Waals surface area contributed by atoms with Crippen LogP contribution in [0.2, 0.25) is 0 Å². The first-order valence-corrected chi connectivity index (χ1v) is 7.13. The Morgan fingerprint density at radius 3 is 2.48 bits per heavy atom. The van der Waals surface area contributed by atoms with Crippen LogP contribution in [0.5, 0.6) is 11.6 Å². The van der Waals surface area contributed by atoms with Gasteiger partial charge >= 0.3 is 0 Å². The molecule has 1 atom stereocenters. The van der Waals surface area contributed by atoms with Crippen molar-refractivity contribution in [3.8, 4) is 11.6 Å². The molecule has 1 aromatic carbocycles. The van der Waals surface area contributed by atoms with Gasteiger partial charge in [-0.15, -0.1) is 0 Å². The lowest BCUT2D eigenvalue weighted by Crippen LogP contribution is -2.20. The SMILES string of the molecule is CCC(NCc1cccnc1OC)c1ccc(OC)cc1. The summed E-state index contributed by atoms with van der Waals surface area (Å²) in [4.78, 5) is 4.22. The molecule has 21 heavy (non-hydrogen) atoms. The number of rotatable bonds is 7. The van der Waals surface area contributed by atoms with Crippen LogP contribution in [0.1, 0.15) is 30.5 Å². The molecule has 4 nitrogen and oxygen atoms in total. The third kappa shape index (κ3) is 3.95. The quantitative estimate of drug-likeness (QED) is 0.847. The lowest BCUT2D eigenvalue weighted by molar-refractivity contribution is 0.388. The van der Waals surface area contributed by atoms with Gasteiger partial charge < -0.3 is 14.8 Å². The monoisotopic (exact) mass is 286 g/mol. The Morgan fingerprint density at radius 1 is 1.10 bits per heavy atom. The number of hydrogen-bond acceptors (Lipinski definition) is 4. The number of nitrogens with one attached hydrogen (secondary N) is 1. The molecule has 1 aromatic heterocycles. The van der Waals surface area contributed by atoms with Gasteiger partial charge in [0.2, 0.25) is 5.88 Å². The number of methoxy groups -OCH3 is 2. The van der Waals surface area contributed by atoms with Crippen LogP contribution in [0, 0.1) is 0 Å². The molecule has 0 spiro atoms. The number of benzene rings is 1. The predicted octanol–water partition coefficient (Wildman–Crippen LogP) is 3.34. The number of aromatic nitrogens is 1. The van der Waals surface area contributed by atoms with Crippen molar-refractivity contribution in [1.29, 1.82) is 0 Å². The standard InChI is InChI=1S/C17H22N2O2/c1-4-16(13-7-9-15(20-2)10-8-13)19-12-14-6-5-11-18-17(14)21-3/h5-11,16,19H,4,12H2,1-3H3. The maximum Gasteiger partial charge on any atom is 0.217 e. The molecule has 0 saturated carbocycles. The molecular formula is C17H22N2O2. The third-order valence-electron chi connectivity index (χ3n) is 3.51. The second kappa shape index (κ2) is 7.64. The summed E-state index contributed by atoms with van der Waals surface area (Å²) in [5.41, 5.74) is 2.31. The molecule has 1 N–H and O–H groups in total. The van der Waals surface area contributed by atoms with Gasteiger partial charge in [0.05, 0.1) is 14.2 Å². The van der Waals surface area contributed by atoms with Crippen molar-refractivity contribution in [3.63, 3.8) is 0 Å². The summed E-state index contributed by atoms with van der Waals surface area (Å²) in [6.07, 6.45) is 2.75. The number of ether oxygens (including phenoxy) is 2. The highest BCUT2D eigenvalue weighted by Crippen LogP contribution is 2.21. The molecule has 0 amide bonds. The summed E-state index contributed by atoms with van der Waals surface area (Å²) in [5.74, 6) is 1.55. The minimum Gasteiger partial charge on any atom is -0.497 e. The van der Waals surface area contributed by atoms with Crippen molar-refractivity contribution in [2.45, 2.75) is 25.9 Å². The zero-order chi connectivity index (χ0) is 15.1. The molecule has 0 bridgehead atoms. The fourth-order valence-corrected chi connectivity index (χ4v) is 2.31. The van der Waals surface area contributed by atoms with Crippen molar-refractivity contribution in [3.05, 3.63) is 53.7 Å². The van der Waals surface area contributed by atoms with Crippen molar-refractivity contribution >= 4 is 0 Å². The number of hydrogen-bond donors (Lipinski definition) is 1. The molecule has 0 saturated heterocycles. The normalized spacial score (nSPS) is 12.0. The molecule has 0 fully saturated rings. The van der Waals surface area contributed by atoms with Gasteiger partial charge in [-0.25, -0.2) is 4.98 Å². The van der Waals surface area contributed by atoms with Crippen molar-refractivity contribution in [2.24, 2.45) is 0 Å². The minimum absolute atomic E-state index is 0.292. The minimum atomic E-state index is 0.292. The van der Waals surface area contributed by atoms with E-state index in [1.807, 2.05) is 24.3 Å². The molecule has 4 heteroatoms. The topological polar surface area (TPSA) is 43.4 Å². The van der Waals surface area contributed by atoms with Crippen LogP contribution in [0.4, 0.5) is 0 Å². The van der Waals surface area contributed by atoms with E-state index in [-0.39, 0.29) is 0 Å². The first kappa shape index (κ1) is 15.3. The third-order valence-corrected chi connectivity index (χ3v) is 3.51. The van der Waals surface area contributed by atoms with E-state index >= 15 is 0 Å². The van der Waals surface area contributed by atoms with E-state index < -0.39 is 0 Å². The molecule has 1 unspecified atom stereocenters. The van der Waals surface area contributed by atoms with Crippen molar-refractivity contribution in [1.82, 2.24) is 10.3 Å². The van der Waals surface area contributed by atoms with E-state index in [2.05, 4.69) is 29.4 Å². The number of nitrogens with zero attached hydrogens (tertiary/aromatic N) is 1. The van der Waals surface area contributed by atoms with Gasteiger partial charge in [0.1, 0.15) is 5.75 Å². The molecule has 1 heterocycles. The highest BCUT2D eigenvalue weighted by Gasteiger charge is 2.10. The fourth-order valence-electron chi connectivity index (χ4n) is 2.31. The summed E-state index contributed by atoms with van der Waals surface area (Å²) in [7, 11) is 3.33. The summed E-state index contributed by atoms with van der Waals surface area (Å²) >= 11 is 0. The molecule has 0 aliphatic heterocycles. The Morgan fingerprint density at radius 2 is 1.86 bits per heavy atom. The summed E-state index contributed by atoms with van der Waals surface area (Å²) < 4.78 is 10.5. The average molecular weight is 286 g/mol. The molecule has 0 aliphatic carbocycles. The summed E-state index contributed by atoms with van der Waals surface area (Å²) in [6, 6.07) is 12.4. The van der Waals surface area contributed by atoms with Crippen LogP contribution in [-0.4, -0.2) is 19.2 Å². The van der Waals surface area contributed by atoms with E-state index in [4.69, 9.17) is 9.47 Å². The summed E-state index contributed by atoms with van der Waals surface area (Å²) in [5, 5.41) is 3.55. The van der Waals surface area contributed by atoms with Gasteiger partial charge in [0.15, 0.2) is 0 Å². The smallest absolute Gasteiger partial charge is 0.217 e. The first-order valence-electron chi connectivity index (χ1n) is 7.13. The van der Waals surface area contributed by atoms with Crippen LogP contribution in [0.15, 0.2) is 42.6 Å². The van der Waals surface area contributed by atoms with E-state index in [0.29, 0.717) is 11.9 Å². The molecule has 112 valence electrons. The molecule has 0 radical (unpaired) electrons. The first-order chi connectivity index (χ1) is 10.3. The van der Waals surface area contributed by atoms with Gasteiger partial charge in [-0.3, -0.25) is 0 Å². The second-order valence-corrected chi connectivity index (χ2v) is 4.79. The van der Waals surface area contributed by atoms with Crippen LogP contribution in [-0.2, 0) is 6.54 Å². The van der Waals surface area contributed by atoms with E-state index in [9.17, 15) is 0 Å². The number of pyridine rings is 1. The molecule has 0 aliphatic rings. The van der Waals surface area contributed by atoms with Crippen LogP contribution in [0.25, 0.3) is 0 Å². The summed E-state index contributed by atoms with van der Waals surface area (Å²) in [6.45, 7) is 2.89. The zero-order valence-electron chi connectivity index (χ0n) is 12.8. The Bertz CT molecular complexity index is 555. The Hall–Kier alpha value is -2.07. The second-order valence-electron chi connectivity index (χ2n) is 4.79. The lowest BCUT2D eigenvalue weighted by Gasteiger charge is -2.18. The highest BCUT2D eigenvalue weighted by atomic mass is 16.5. The van der Waals surface area contributed by atoms with Gasteiger partial charge in [-0.2, -0.15) is 0 Å². The van der Waals surface area contributed by atoms with Gasteiger partial charge in [0.25, 0.3) is 0 Å². The van der Waals surface area contributed by atoms with Gasteiger partial charge in [-0.1, -0.05) is 25.1 Å². The maximum atomic E-state index is 5.28. The highest BCUT2D eigenvalue weighted by molar-refractivity contribution is 5.30. The average Bonchev–Trinajstić information content (AvgIpc) is 2.56. The van der Waals surface area contributed by atoms with E-state index in [1.165, 1.54) is 5.56 Å².